The first-order valence-corrected chi connectivity index (χ1v) is 8.64. The van der Waals surface area contributed by atoms with Crippen LogP contribution in [0.1, 0.15) is 0 Å². The van der Waals surface area contributed by atoms with Gasteiger partial charge in [-0.05, 0) is 24.3 Å². The second-order valence-corrected chi connectivity index (χ2v) is 6.83. The van der Waals surface area contributed by atoms with Crippen molar-refractivity contribution in [3.05, 3.63) is 59.6 Å². The van der Waals surface area contributed by atoms with Gasteiger partial charge in [-0.25, -0.2) is 0 Å². The van der Waals surface area contributed by atoms with E-state index in [9.17, 15) is 13.0 Å². The predicted octanol–water partition coefficient (Wildman–Crippen LogP) is 4.09. The minimum absolute atomic E-state index is 0. The number of nitrogens with zero attached hydrogens (tertiary/aromatic N) is 2. The van der Waals surface area contributed by atoms with E-state index in [4.69, 9.17) is 17.3 Å². The second kappa shape index (κ2) is 7.82. The fraction of sp³-hybridized carbons (Fsp3) is 0. The monoisotopic (exact) mass is 385 g/mol. The average Bonchev–Trinajstić information content (AvgIpc) is 2.53. The predicted molar refractivity (Wildman–Crippen MR) is 101 cm³/mol. The van der Waals surface area contributed by atoms with Gasteiger partial charge in [-0.1, -0.05) is 41.9 Å². The van der Waals surface area contributed by atoms with E-state index in [1.807, 2.05) is 0 Å². The van der Waals surface area contributed by atoms with Gasteiger partial charge in [0, 0.05) is 15.8 Å². The number of azo groups is 1. The first-order chi connectivity index (χ1) is 11.4. The maximum absolute atomic E-state index is 11.7. The summed E-state index contributed by atoms with van der Waals surface area (Å²) in [6, 6.07) is 14.5. The van der Waals surface area contributed by atoms with E-state index >= 15 is 0 Å². The molecule has 0 aliphatic carbocycles. The molecule has 0 amide bonds. The molecule has 0 aromatic heterocycles. The van der Waals surface area contributed by atoms with Crippen LogP contribution >= 0.6 is 11.6 Å². The summed E-state index contributed by atoms with van der Waals surface area (Å²) in [5.74, 6) is 0. The van der Waals surface area contributed by atoms with Crippen LogP contribution in [0.3, 0.4) is 0 Å². The van der Waals surface area contributed by atoms with Crippen LogP contribution in [0.2, 0.25) is 5.02 Å². The van der Waals surface area contributed by atoms with E-state index in [0.717, 1.165) is 0 Å². The Hall–Kier alpha value is -1.48. The summed E-state index contributed by atoms with van der Waals surface area (Å²) in [5.41, 5.74) is 6.97. The Kier molecular flexibility index (Phi) is 6.21. The summed E-state index contributed by atoms with van der Waals surface area (Å²) in [7, 11) is -4.44. The molecule has 3 aromatic carbocycles. The Morgan fingerprint density at radius 1 is 0.960 bits per heavy atom. The normalized spacial score (nSPS) is 11.6. The minimum atomic E-state index is -4.44. The van der Waals surface area contributed by atoms with Crippen molar-refractivity contribution in [1.29, 1.82) is 0 Å². The first kappa shape index (κ1) is 19.8. The number of halogens is 1. The summed E-state index contributed by atoms with van der Waals surface area (Å²) in [6.07, 6.45) is 0. The molecule has 9 heteroatoms. The molecule has 25 heavy (non-hydrogen) atoms. The standard InChI is InChI=1S/C16H12ClN3O3S.Na.H/c17-10-4-3-5-11(8-10)19-20-14-9-15(24(21,22)23)12-6-1-2-7-13(12)16(14)18;;/h1-9H,18H2,(H,21,22,23);;/b20-19+;;. The molecule has 0 heterocycles. The molecule has 0 aliphatic rings. The molecule has 0 bridgehead atoms. The Morgan fingerprint density at radius 2 is 1.64 bits per heavy atom. The van der Waals surface area contributed by atoms with Crippen molar-refractivity contribution in [1.82, 2.24) is 0 Å². The molecule has 0 saturated carbocycles. The average molecular weight is 386 g/mol. The molecule has 0 saturated heterocycles. The number of rotatable bonds is 3. The molecule has 3 rings (SSSR count). The quantitative estimate of drug-likeness (QED) is 0.306. The van der Waals surface area contributed by atoms with Gasteiger partial charge in [-0.3, -0.25) is 4.55 Å². The fourth-order valence-electron chi connectivity index (χ4n) is 2.30. The van der Waals surface area contributed by atoms with Gasteiger partial charge in [-0.2, -0.15) is 13.5 Å². The van der Waals surface area contributed by atoms with Gasteiger partial charge in [-0.15, -0.1) is 5.11 Å². The fourth-order valence-corrected chi connectivity index (χ4v) is 3.20. The third-order valence-corrected chi connectivity index (χ3v) is 4.51. The van der Waals surface area contributed by atoms with E-state index in [-0.39, 0.29) is 45.8 Å². The molecule has 3 N–H and O–H groups in total. The van der Waals surface area contributed by atoms with Gasteiger partial charge in [0.25, 0.3) is 10.1 Å². The number of nitrogens with two attached hydrogens (primary N) is 1. The summed E-state index contributed by atoms with van der Waals surface area (Å²) in [5, 5.41) is 9.30. The van der Waals surface area contributed by atoms with E-state index < -0.39 is 10.1 Å². The van der Waals surface area contributed by atoms with E-state index in [2.05, 4.69) is 10.2 Å². The Morgan fingerprint density at radius 3 is 2.28 bits per heavy atom. The summed E-state index contributed by atoms with van der Waals surface area (Å²) < 4.78 is 32.8. The number of nitrogen functional groups attached to an aromatic ring is 1. The van der Waals surface area contributed by atoms with Crippen LogP contribution < -0.4 is 5.73 Å². The van der Waals surface area contributed by atoms with Gasteiger partial charge >= 0.3 is 29.6 Å². The zero-order chi connectivity index (χ0) is 17.3. The molecule has 0 aliphatic heterocycles. The van der Waals surface area contributed by atoms with Crippen LogP contribution in [-0.4, -0.2) is 42.5 Å². The first-order valence-electron chi connectivity index (χ1n) is 6.82. The molecule has 6 nitrogen and oxygen atoms in total. The van der Waals surface area contributed by atoms with E-state index in [1.165, 1.54) is 6.07 Å². The van der Waals surface area contributed by atoms with Crippen LogP contribution in [0.4, 0.5) is 17.1 Å². The molecular formula is C16H13ClN3NaO3S. The molecule has 124 valence electrons. The molecule has 0 atom stereocenters. The number of fused-ring (bicyclic) bond motifs is 1. The van der Waals surface area contributed by atoms with Gasteiger partial charge in [0.1, 0.15) is 10.6 Å². The Labute approximate surface area is 171 Å². The van der Waals surface area contributed by atoms with Crippen molar-refractivity contribution >= 4 is 79.1 Å². The van der Waals surface area contributed by atoms with Crippen LogP contribution in [0.15, 0.2) is 69.7 Å². The molecule has 0 radical (unpaired) electrons. The van der Waals surface area contributed by atoms with Gasteiger partial charge in [0.2, 0.25) is 0 Å². The van der Waals surface area contributed by atoms with Gasteiger partial charge < -0.3 is 5.73 Å². The van der Waals surface area contributed by atoms with Crippen molar-refractivity contribution in [3.63, 3.8) is 0 Å². The number of benzene rings is 3. The number of anilines is 1. The van der Waals surface area contributed by atoms with Crippen molar-refractivity contribution in [2.75, 3.05) is 5.73 Å². The molecule has 0 fully saturated rings. The Bertz CT molecular complexity index is 1070. The third-order valence-electron chi connectivity index (χ3n) is 3.39. The van der Waals surface area contributed by atoms with Crippen LogP contribution in [-0.2, 0) is 10.1 Å². The topological polar surface area (TPSA) is 105 Å². The summed E-state index contributed by atoms with van der Waals surface area (Å²) >= 11 is 5.88. The zero-order valence-electron chi connectivity index (χ0n) is 12.2. The van der Waals surface area contributed by atoms with Crippen molar-refractivity contribution in [2.24, 2.45) is 10.2 Å². The summed E-state index contributed by atoms with van der Waals surface area (Å²) in [4.78, 5) is -0.271. The van der Waals surface area contributed by atoms with Gasteiger partial charge in [0.05, 0.1) is 11.4 Å². The second-order valence-electron chi connectivity index (χ2n) is 5.01. The van der Waals surface area contributed by atoms with Crippen LogP contribution in [0.5, 0.6) is 0 Å². The van der Waals surface area contributed by atoms with Gasteiger partial charge in [0.15, 0.2) is 0 Å². The van der Waals surface area contributed by atoms with Crippen molar-refractivity contribution in [2.45, 2.75) is 4.90 Å². The van der Waals surface area contributed by atoms with E-state index in [1.54, 1.807) is 48.5 Å². The molecule has 0 unspecified atom stereocenters. The molecular weight excluding hydrogens is 373 g/mol. The van der Waals surface area contributed by atoms with Crippen LogP contribution in [0.25, 0.3) is 10.8 Å². The van der Waals surface area contributed by atoms with Crippen molar-refractivity contribution < 1.29 is 13.0 Å². The Balaban J connectivity index is 0.00000225. The maximum atomic E-state index is 11.7. The molecule has 0 spiro atoms. The molecule has 3 aromatic rings. The SMILES string of the molecule is Nc1c(/N=N/c2cccc(Cl)c2)cc(S(=O)(=O)O)c2ccccc12.[NaH]. The zero-order valence-corrected chi connectivity index (χ0v) is 13.8. The summed E-state index contributed by atoms with van der Waals surface area (Å²) in [6.45, 7) is 0. The third kappa shape index (κ3) is 4.38. The van der Waals surface area contributed by atoms with Crippen molar-refractivity contribution in [3.8, 4) is 0 Å². The van der Waals surface area contributed by atoms with E-state index in [0.29, 0.717) is 21.5 Å². The number of hydrogen-bond donors (Lipinski definition) is 2. The van der Waals surface area contributed by atoms with Crippen LogP contribution in [0, 0.1) is 0 Å². The number of hydrogen-bond acceptors (Lipinski definition) is 5.